The van der Waals surface area contributed by atoms with Crippen LogP contribution in [-0.4, -0.2) is 24.3 Å². The summed E-state index contributed by atoms with van der Waals surface area (Å²) in [4.78, 5) is 10.3. The summed E-state index contributed by atoms with van der Waals surface area (Å²) in [6.45, 7) is 8.22. The standard InChI is InChI=1S/C7H12O2.C4H10O/c1-3-5-6-9-7(8)4-2;1-2-3-4-5/h4H,2-3,5-6H2,1H3;5H,2-4H2,1H3. The van der Waals surface area contributed by atoms with E-state index in [1.165, 1.54) is 6.08 Å². The lowest BCUT2D eigenvalue weighted by Gasteiger charge is -1.97. The van der Waals surface area contributed by atoms with Gasteiger partial charge in [-0.25, -0.2) is 4.79 Å². The van der Waals surface area contributed by atoms with Crippen LogP contribution in [0.3, 0.4) is 0 Å². The van der Waals surface area contributed by atoms with E-state index in [9.17, 15) is 4.79 Å². The Morgan fingerprint density at radius 3 is 2.21 bits per heavy atom. The van der Waals surface area contributed by atoms with Crippen LogP contribution in [0.1, 0.15) is 39.5 Å². The van der Waals surface area contributed by atoms with E-state index in [0.717, 1.165) is 25.7 Å². The smallest absolute Gasteiger partial charge is 0.330 e. The Hall–Kier alpha value is -0.830. The molecule has 0 aromatic heterocycles. The van der Waals surface area contributed by atoms with Gasteiger partial charge in [-0.05, 0) is 12.8 Å². The molecule has 0 spiro atoms. The third-order valence-corrected chi connectivity index (χ3v) is 1.42. The molecule has 0 aliphatic carbocycles. The zero-order valence-corrected chi connectivity index (χ0v) is 9.29. The topological polar surface area (TPSA) is 46.5 Å². The van der Waals surface area contributed by atoms with Crippen LogP contribution in [-0.2, 0) is 9.53 Å². The van der Waals surface area contributed by atoms with Crippen molar-refractivity contribution in [3.05, 3.63) is 12.7 Å². The van der Waals surface area contributed by atoms with E-state index >= 15 is 0 Å². The molecule has 0 saturated carbocycles. The Morgan fingerprint density at radius 1 is 1.36 bits per heavy atom. The number of aliphatic hydroxyl groups is 1. The molecule has 1 N–H and O–H groups in total. The fourth-order valence-electron chi connectivity index (χ4n) is 0.534. The van der Waals surface area contributed by atoms with Crippen LogP contribution < -0.4 is 0 Å². The number of hydrogen-bond donors (Lipinski definition) is 1. The number of unbranched alkanes of at least 4 members (excludes halogenated alkanes) is 2. The highest BCUT2D eigenvalue weighted by Crippen LogP contribution is 1.88. The lowest BCUT2D eigenvalue weighted by atomic mass is 10.4. The lowest BCUT2D eigenvalue weighted by Crippen LogP contribution is -2.00. The van der Waals surface area contributed by atoms with Crippen molar-refractivity contribution in [3.8, 4) is 0 Å². The van der Waals surface area contributed by atoms with Crippen molar-refractivity contribution in [3.63, 3.8) is 0 Å². The zero-order valence-electron chi connectivity index (χ0n) is 9.29. The molecular formula is C11H22O3. The Labute approximate surface area is 86.8 Å². The number of carbonyl (C=O) groups is 1. The van der Waals surface area contributed by atoms with E-state index in [0.29, 0.717) is 13.2 Å². The van der Waals surface area contributed by atoms with E-state index in [1.54, 1.807) is 0 Å². The number of ether oxygens (including phenoxy) is 1. The maximum Gasteiger partial charge on any atom is 0.330 e. The van der Waals surface area contributed by atoms with Crippen LogP contribution in [0.15, 0.2) is 12.7 Å². The van der Waals surface area contributed by atoms with Gasteiger partial charge in [-0.15, -0.1) is 0 Å². The summed E-state index contributed by atoms with van der Waals surface area (Å²) in [6, 6.07) is 0. The quantitative estimate of drug-likeness (QED) is 0.408. The molecule has 0 aromatic carbocycles. The van der Waals surface area contributed by atoms with Gasteiger partial charge in [-0.2, -0.15) is 0 Å². The molecule has 3 heteroatoms. The van der Waals surface area contributed by atoms with Crippen LogP contribution in [0.25, 0.3) is 0 Å². The molecular weight excluding hydrogens is 180 g/mol. The predicted octanol–water partition coefficient (Wildman–Crippen LogP) is 2.29. The third-order valence-electron chi connectivity index (χ3n) is 1.42. The van der Waals surface area contributed by atoms with Crippen molar-refractivity contribution < 1.29 is 14.6 Å². The second kappa shape index (κ2) is 14.7. The number of esters is 1. The van der Waals surface area contributed by atoms with Gasteiger partial charge in [0.2, 0.25) is 0 Å². The molecule has 14 heavy (non-hydrogen) atoms. The van der Waals surface area contributed by atoms with Crippen molar-refractivity contribution in [2.75, 3.05) is 13.2 Å². The van der Waals surface area contributed by atoms with E-state index in [4.69, 9.17) is 5.11 Å². The van der Waals surface area contributed by atoms with Crippen LogP contribution in [0.2, 0.25) is 0 Å². The summed E-state index contributed by atoms with van der Waals surface area (Å²) in [6.07, 6.45) is 5.19. The number of hydrogen-bond acceptors (Lipinski definition) is 3. The molecule has 0 rings (SSSR count). The molecule has 0 aliphatic heterocycles. The Kier molecular flexibility index (Phi) is 16.4. The first-order valence-electron chi connectivity index (χ1n) is 5.12. The van der Waals surface area contributed by atoms with Crippen molar-refractivity contribution in [1.29, 1.82) is 0 Å². The summed E-state index contributed by atoms with van der Waals surface area (Å²) in [7, 11) is 0. The normalized spacial score (nSPS) is 8.50. The number of aliphatic hydroxyl groups excluding tert-OH is 1. The fourth-order valence-corrected chi connectivity index (χ4v) is 0.534. The average molecular weight is 202 g/mol. The van der Waals surface area contributed by atoms with Gasteiger partial charge in [-0.3, -0.25) is 0 Å². The number of rotatable bonds is 6. The minimum absolute atomic E-state index is 0.330. The molecule has 84 valence electrons. The molecule has 0 saturated heterocycles. The minimum Gasteiger partial charge on any atom is -0.463 e. The van der Waals surface area contributed by atoms with Crippen LogP contribution in [0.5, 0.6) is 0 Å². The molecule has 0 aromatic rings. The largest absolute Gasteiger partial charge is 0.463 e. The van der Waals surface area contributed by atoms with Crippen molar-refractivity contribution in [1.82, 2.24) is 0 Å². The fraction of sp³-hybridized carbons (Fsp3) is 0.727. The van der Waals surface area contributed by atoms with Gasteiger partial charge in [0.1, 0.15) is 0 Å². The van der Waals surface area contributed by atoms with E-state index in [-0.39, 0.29) is 5.97 Å². The third kappa shape index (κ3) is 17.3. The van der Waals surface area contributed by atoms with E-state index in [1.807, 2.05) is 6.92 Å². The van der Waals surface area contributed by atoms with Gasteiger partial charge in [0, 0.05) is 12.7 Å². The Balaban J connectivity index is 0. The zero-order chi connectivity index (χ0) is 11.2. The van der Waals surface area contributed by atoms with Gasteiger partial charge in [0.15, 0.2) is 0 Å². The predicted molar refractivity (Wildman–Crippen MR) is 58.1 cm³/mol. The van der Waals surface area contributed by atoms with Crippen LogP contribution >= 0.6 is 0 Å². The summed E-state index contributed by atoms with van der Waals surface area (Å²) < 4.78 is 4.67. The van der Waals surface area contributed by atoms with Crippen molar-refractivity contribution >= 4 is 5.97 Å². The lowest BCUT2D eigenvalue weighted by molar-refractivity contribution is -0.137. The molecule has 0 unspecified atom stereocenters. The summed E-state index contributed by atoms with van der Waals surface area (Å²) in [5.41, 5.74) is 0. The molecule has 0 atom stereocenters. The van der Waals surface area contributed by atoms with Gasteiger partial charge < -0.3 is 9.84 Å². The average Bonchev–Trinajstić information content (AvgIpc) is 2.20. The highest BCUT2D eigenvalue weighted by molar-refractivity contribution is 5.81. The van der Waals surface area contributed by atoms with Gasteiger partial charge in [0.25, 0.3) is 0 Å². The first kappa shape index (κ1) is 15.6. The van der Waals surface area contributed by atoms with Crippen molar-refractivity contribution in [2.24, 2.45) is 0 Å². The highest BCUT2D eigenvalue weighted by Gasteiger charge is 1.91. The van der Waals surface area contributed by atoms with E-state index < -0.39 is 0 Å². The van der Waals surface area contributed by atoms with Gasteiger partial charge in [0.05, 0.1) is 6.61 Å². The minimum atomic E-state index is -0.330. The van der Waals surface area contributed by atoms with Crippen LogP contribution in [0, 0.1) is 0 Å². The first-order chi connectivity index (χ1) is 6.72. The molecule has 0 radical (unpaired) electrons. The van der Waals surface area contributed by atoms with Gasteiger partial charge in [-0.1, -0.05) is 33.3 Å². The maximum atomic E-state index is 10.3. The SMILES string of the molecule is C=CC(=O)OCCCC.CCCCO. The Morgan fingerprint density at radius 2 is 1.93 bits per heavy atom. The number of carbonyl (C=O) groups excluding carboxylic acids is 1. The first-order valence-corrected chi connectivity index (χ1v) is 5.12. The highest BCUT2D eigenvalue weighted by atomic mass is 16.5. The summed E-state index contributed by atoms with van der Waals surface area (Å²) >= 11 is 0. The molecule has 0 bridgehead atoms. The maximum absolute atomic E-state index is 10.3. The Bertz CT molecular complexity index is 130. The van der Waals surface area contributed by atoms with Gasteiger partial charge >= 0.3 is 5.97 Å². The molecule has 0 amide bonds. The molecule has 0 heterocycles. The molecule has 0 fully saturated rings. The van der Waals surface area contributed by atoms with Crippen LogP contribution in [0.4, 0.5) is 0 Å². The molecule has 3 nitrogen and oxygen atoms in total. The van der Waals surface area contributed by atoms with Crippen molar-refractivity contribution in [2.45, 2.75) is 39.5 Å². The second-order valence-electron chi connectivity index (χ2n) is 2.80. The summed E-state index contributed by atoms with van der Waals surface area (Å²) in [5.74, 6) is -0.330. The molecule has 0 aliphatic rings. The summed E-state index contributed by atoms with van der Waals surface area (Å²) in [5, 5.41) is 8.07. The second-order valence-corrected chi connectivity index (χ2v) is 2.80. The monoisotopic (exact) mass is 202 g/mol. The van der Waals surface area contributed by atoms with E-state index in [2.05, 4.69) is 18.2 Å².